The molecule has 0 aromatic heterocycles. The Hall–Kier alpha value is -2.00. The summed E-state index contributed by atoms with van der Waals surface area (Å²) in [6.07, 6.45) is 1.74. The zero-order chi connectivity index (χ0) is 15.9. The lowest BCUT2D eigenvalue weighted by atomic mass is 10.0. The molecule has 1 unspecified atom stereocenters. The SMILES string of the molecule is CCc1ccc(C(=O)C(C)NCCc2ccc(F)cc2)cc1. The Morgan fingerprint density at radius 2 is 1.64 bits per heavy atom. The molecule has 2 aromatic rings. The molecule has 1 atom stereocenters. The van der Waals surface area contributed by atoms with Gasteiger partial charge in [-0.3, -0.25) is 4.79 Å². The highest BCUT2D eigenvalue weighted by Gasteiger charge is 2.14. The predicted molar refractivity (Wildman–Crippen MR) is 87.7 cm³/mol. The molecule has 2 aromatic carbocycles. The topological polar surface area (TPSA) is 29.1 Å². The summed E-state index contributed by atoms with van der Waals surface area (Å²) in [5.74, 6) is -0.127. The van der Waals surface area contributed by atoms with Crippen molar-refractivity contribution in [2.45, 2.75) is 32.7 Å². The Kier molecular flexibility index (Phi) is 5.84. The molecule has 0 radical (unpaired) electrons. The highest BCUT2D eigenvalue weighted by molar-refractivity contribution is 5.99. The van der Waals surface area contributed by atoms with Gasteiger partial charge in [0, 0.05) is 5.56 Å². The molecule has 116 valence electrons. The minimum Gasteiger partial charge on any atom is -0.307 e. The molecule has 0 spiro atoms. The van der Waals surface area contributed by atoms with Crippen molar-refractivity contribution in [3.63, 3.8) is 0 Å². The van der Waals surface area contributed by atoms with E-state index in [2.05, 4.69) is 12.2 Å². The van der Waals surface area contributed by atoms with Crippen LogP contribution >= 0.6 is 0 Å². The molecule has 0 fully saturated rings. The normalized spacial score (nSPS) is 12.1. The first-order chi connectivity index (χ1) is 10.6. The van der Waals surface area contributed by atoms with Gasteiger partial charge in [0.15, 0.2) is 5.78 Å². The van der Waals surface area contributed by atoms with Gasteiger partial charge in [0.05, 0.1) is 6.04 Å². The van der Waals surface area contributed by atoms with Gasteiger partial charge < -0.3 is 5.32 Å². The standard InChI is InChI=1S/C19H22FNO/c1-3-15-4-8-17(9-5-15)19(22)14(2)21-13-12-16-6-10-18(20)11-7-16/h4-11,14,21H,3,12-13H2,1-2H3. The first kappa shape index (κ1) is 16.4. The van der Waals surface area contributed by atoms with Gasteiger partial charge in [-0.15, -0.1) is 0 Å². The van der Waals surface area contributed by atoms with E-state index in [-0.39, 0.29) is 17.6 Å². The van der Waals surface area contributed by atoms with Crippen LogP contribution in [0.4, 0.5) is 4.39 Å². The number of benzene rings is 2. The highest BCUT2D eigenvalue weighted by atomic mass is 19.1. The van der Waals surface area contributed by atoms with Crippen LogP contribution in [0.25, 0.3) is 0 Å². The lowest BCUT2D eigenvalue weighted by molar-refractivity contribution is 0.0951. The lowest BCUT2D eigenvalue weighted by Gasteiger charge is -2.13. The van der Waals surface area contributed by atoms with Gasteiger partial charge in [-0.05, 0) is 49.6 Å². The Labute approximate surface area is 131 Å². The molecule has 0 saturated heterocycles. The zero-order valence-corrected chi connectivity index (χ0v) is 13.1. The molecule has 22 heavy (non-hydrogen) atoms. The first-order valence-electron chi connectivity index (χ1n) is 7.71. The van der Waals surface area contributed by atoms with E-state index in [0.29, 0.717) is 6.54 Å². The molecule has 0 aliphatic rings. The number of halogens is 1. The molecule has 0 heterocycles. The second-order valence-corrected chi connectivity index (χ2v) is 5.47. The van der Waals surface area contributed by atoms with E-state index in [9.17, 15) is 9.18 Å². The third-order valence-corrected chi connectivity index (χ3v) is 3.82. The number of ketones is 1. The fraction of sp³-hybridized carbons (Fsp3) is 0.316. The maximum absolute atomic E-state index is 12.8. The fourth-order valence-electron chi connectivity index (χ4n) is 2.33. The Balaban J connectivity index is 1.84. The summed E-state index contributed by atoms with van der Waals surface area (Å²) in [7, 11) is 0. The maximum atomic E-state index is 12.8. The predicted octanol–water partition coefficient (Wildman–Crippen LogP) is 3.79. The summed E-state index contributed by atoms with van der Waals surface area (Å²) < 4.78 is 12.8. The quantitative estimate of drug-likeness (QED) is 0.788. The van der Waals surface area contributed by atoms with E-state index in [1.54, 1.807) is 12.1 Å². The van der Waals surface area contributed by atoms with Gasteiger partial charge in [-0.1, -0.05) is 43.3 Å². The Morgan fingerprint density at radius 3 is 2.23 bits per heavy atom. The van der Waals surface area contributed by atoms with E-state index >= 15 is 0 Å². The van der Waals surface area contributed by atoms with E-state index in [1.807, 2.05) is 31.2 Å². The molecule has 2 nitrogen and oxygen atoms in total. The van der Waals surface area contributed by atoms with E-state index < -0.39 is 0 Å². The van der Waals surface area contributed by atoms with Crippen molar-refractivity contribution >= 4 is 5.78 Å². The van der Waals surface area contributed by atoms with E-state index in [0.717, 1.165) is 24.0 Å². The second-order valence-electron chi connectivity index (χ2n) is 5.47. The summed E-state index contributed by atoms with van der Waals surface area (Å²) in [6, 6.07) is 14.0. The first-order valence-corrected chi connectivity index (χ1v) is 7.71. The highest BCUT2D eigenvalue weighted by Crippen LogP contribution is 2.08. The van der Waals surface area contributed by atoms with Crippen LogP contribution in [0, 0.1) is 5.82 Å². The Bertz CT molecular complexity index is 604. The molecular weight excluding hydrogens is 277 g/mol. The average Bonchev–Trinajstić information content (AvgIpc) is 2.56. The van der Waals surface area contributed by atoms with Gasteiger partial charge in [0.25, 0.3) is 0 Å². The minimum atomic E-state index is -0.229. The van der Waals surface area contributed by atoms with E-state index in [4.69, 9.17) is 0 Å². The smallest absolute Gasteiger partial charge is 0.179 e. The van der Waals surface area contributed by atoms with Crippen LogP contribution < -0.4 is 5.32 Å². The van der Waals surface area contributed by atoms with Crippen LogP contribution in [0.2, 0.25) is 0 Å². The molecular formula is C19H22FNO. The molecule has 1 N–H and O–H groups in total. The Morgan fingerprint density at radius 1 is 1.05 bits per heavy atom. The molecule has 0 saturated carbocycles. The minimum absolute atomic E-state index is 0.0989. The molecule has 3 heteroatoms. The number of Topliss-reactive ketones (excluding diaryl/α,β-unsaturated/α-hetero) is 1. The number of rotatable bonds is 7. The van der Waals surface area contributed by atoms with Gasteiger partial charge in [-0.2, -0.15) is 0 Å². The third-order valence-electron chi connectivity index (χ3n) is 3.82. The molecule has 0 amide bonds. The third kappa shape index (κ3) is 4.50. The monoisotopic (exact) mass is 299 g/mol. The summed E-state index contributed by atoms with van der Waals surface area (Å²) in [5.41, 5.74) is 3.02. The number of hydrogen-bond donors (Lipinski definition) is 1. The fourth-order valence-corrected chi connectivity index (χ4v) is 2.33. The van der Waals surface area contributed by atoms with Crippen molar-refractivity contribution in [2.24, 2.45) is 0 Å². The van der Waals surface area contributed by atoms with Gasteiger partial charge in [0.1, 0.15) is 5.82 Å². The van der Waals surface area contributed by atoms with Crippen molar-refractivity contribution in [3.05, 3.63) is 71.0 Å². The van der Waals surface area contributed by atoms with Crippen molar-refractivity contribution in [1.82, 2.24) is 5.32 Å². The van der Waals surface area contributed by atoms with Crippen LogP contribution in [0.1, 0.15) is 35.3 Å². The van der Waals surface area contributed by atoms with Crippen molar-refractivity contribution in [1.29, 1.82) is 0 Å². The number of aryl methyl sites for hydroxylation is 1. The van der Waals surface area contributed by atoms with Crippen LogP contribution in [-0.4, -0.2) is 18.4 Å². The molecule has 0 bridgehead atoms. The summed E-state index contributed by atoms with van der Waals surface area (Å²) in [5, 5.41) is 3.23. The van der Waals surface area contributed by atoms with Crippen LogP contribution in [0.5, 0.6) is 0 Å². The molecule has 2 rings (SSSR count). The van der Waals surface area contributed by atoms with Crippen molar-refractivity contribution < 1.29 is 9.18 Å². The van der Waals surface area contributed by atoms with Gasteiger partial charge in [0.2, 0.25) is 0 Å². The number of carbonyl (C=O) groups excluding carboxylic acids is 1. The largest absolute Gasteiger partial charge is 0.307 e. The van der Waals surface area contributed by atoms with Crippen LogP contribution in [0.3, 0.4) is 0 Å². The number of nitrogens with one attached hydrogen (secondary N) is 1. The second kappa shape index (κ2) is 7.85. The van der Waals surface area contributed by atoms with Gasteiger partial charge in [-0.25, -0.2) is 4.39 Å². The van der Waals surface area contributed by atoms with Crippen LogP contribution in [-0.2, 0) is 12.8 Å². The summed E-state index contributed by atoms with van der Waals surface area (Å²) in [4.78, 5) is 12.3. The molecule has 0 aliphatic carbocycles. The zero-order valence-electron chi connectivity index (χ0n) is 13.1. The van der Waals surface area contributed by atoms with E-state index in [1.165, 1.54) is 17.7 Å². The number of carbonyl (C=O) groups is 1. The summed E-state index contributed by atoms with van der Waals surface area (Å²) in [6.45, 7) is 4.66. The average molecular weight is 299 g/mol. The van der Waals surface area contributed by atoms with Crippen LogP contribution in [0.15, 0.2) is 48.5 Å². The maximum Gasteiger partial charge on any atom is 0.179 e. The lowest BCUT2D eigenvalue weighted by Crippen LogP contribution is -2.35. The van der Waals surface area contributed by atoms with Gasteiger partial charge >= 0.3 is 0 Å². The van der Waals surface area contributed by atoms with Crippen molar-refractivity contribution in [2.75, 3.05) is 6.54 Å². The number of hydrogen-bond acceptors (Lipinski definition) is 2. The van der Waals surface area contributed by atoms with Crippen molar-refractivity contribution in [3.8, 4) is 0 Å². The molecule has 0 aliphatic heterocycles. The summed E-state index contributed by atoms with van der Waals surface area (Å²) >= 11 is 0.